The Morgan fingerprint density at radius 2 is 2.09 bits per heavy atom. The molecule has 0 saturated heterocycles. The lowest BCUT2D eigenvalue weighted by atomic mass is 10.3. The van der Waals surface area contributed by atoms with Gasteiger partial charge in [-0.2, -0.15) is 0 Å². The van der Waals surface area contributed by atoms with E-state index >= 15 is 0 Å². The Morgan fingerprint density at radius 1 is 1.23 bits per heavy atom. The van der Waals surface area contributed by atoms with Crippen LogP contribution in [-0.4, -0.2) is 26.5 Å². The van der Waals surface area contributed by atoms with Gasteiger partial charge in [0.25, 0.3) is 0 Å². The summed E-state index contributed by atoms with van der Waals surface area (Å²) in [7, 11) is 0. The van der Waals surface area contributed by atoms with Crippen molar-refractivity contribution >= 4 is 16.9 Å². The van der Waals surface area contributed by atoms with Gasteiger partial charge in [-0.1, -0.05) is 19.1 Å². The number of anilines is 1. The number of H-pyrrole nitrogens is 1. The minimum atomic E-state index is -0.353. The Bertz CT molecular complexity index is 735. The third-order valence-electron chi connectivity index (χ3n) is 3.52. The van der Waals surface area contributed by atoms with Crippen molar-refractivity contribution in [1.29, 1.82) is 0 Å². The molecule has 114 valence electrons. The summed E-state index contributed by atoms with van der Waals surface area (Å²) in [5, 5.41) is 3.02. The summed E-state index contributed by atoms with van der Waals surface area (Å²) in [4.78, 5) is 15.7. The first kappa shape index (κ1) is 14.4. The zero-order valence-corrected chi connectivity index (χ0v) is 12.4. The first-order valence-electron chi connectivity index (χ1n) is 7.44. The Balaban J connectivity index is 1.55. The number of rotatable bonds is 6. The largest absolute Gasteiger partial charge is 0.368 e. The second kappa shape index (κ2) is 6.51. The summed E-state index contributed by atoms with van der Waals surface area (Å²) in [6.07, 6.45) is 3.59. The van der Waals surface area contributed by atoms with Gasteiger partial charge in [0.2, 0.25) is 0 Å². The molecule has 0 atom stereocenters. The van der Waals surface area contributed by atoms with Crippen LogP contribution in [0.4, 0.5) is 10.2 Å². The predicted octanol–water partition coefficient (Wildman–Crippen LogP) is 3.10. The molecule has 0 fully saturated rings. The number of para-hydroxylation sites is 2. The number of nitrogens with one attached hydrogen (secondary N) is 2. The quantitative estimate of drug-likeness (QED) is 0.686. The van der Waals surface area contributed by atoms with Crippen molar-refractivity contribution in [2.75, 3.05) is 11.9 Å². The number of aromatic nitrogens is 4. The van der Waals surface area contributed by atoms with Gasteiger partial charge >= 0.3 is 0 Å². The van der Waals surface area contributed by atoms with Gasteiger partial charge in [0, 0.05) is 13.0 Å². The average Bonchev–Trinajstić information content (AvgIpc) is 2.95. The highest BCUT2D eigenvalue weighted by Crippen LogP contribution is 2.14. The van der Waals surface area contributed by atoms with Gasteiger partial charge < -0.3 is 10.3 Å². The molecule has 0 saturated carbocycles. The third kappa shape index (κ3) is 3.05. The Kier molecular flexibility index (Phi) is 4.27. The van der Waals surface area contributed by atoms with Crippen LogP contribution in [-0.2, 0) is 12.8 Å². The zero-order chi connectivity index (χ0) is 15.4. The van der Waals surface area contributed by atoms with Gasteiger partial charge in [-0.05, 0) is 25.0 Å². The highest BCUT2D eigenvalue weighted by molar-refractivity contribution is 5.74. The zero-order valence-electron chi connectivity index (χ0n) is 12.4. The first-order chi connectivity index (χ1) is 10.8. The number of aryl methyl sites for hydroxylation is 2. The lowest BCUT2D eigenvalue weighted by Gasteiger charge is -2.07. The first-order valence-corrected chi connectivity index (χ1v) is 7.44. The molecule has 0 bridgehead atoms. The highest BCUT2D eigenvalue weighted by atomic mass is 19.1. The minimum Gasteiger partial charge on any atom is -0.368 e. The minimum absolute atomic E-state index is 0.274. The van der Waals surface area contributed by atoms with E-state index in [2.05, 4.69) is 25.3 Å². The predicted molar refractivity (Wildman–Crippen MR) is 84.3 cm³/mol. The molecule has 2 N–H and O–H groups in total. The van der Waals surface area contributed by atoms with E-state index in [4.69, 9.17) is 0 Å². The van der Waals surface area contributed by atoms with Crippen LogP contribution >= 0.6 is 0 Å². The fraction of sp³-hybridized carbons (Fsp3) is 0.312. The van der Waals surface area contributed by atoms with Gasteiger partial charge in [0.05, 0.1) is 16.7 Å². The van der Waals surface area contributed by atoms with Crippen LogP contribution in [0.3, 0.4) is 0 Å². The van der Waals surface area contributed by atoms with Crippen molar-refractivity contribution in [1.82, 2.24) is 19.9 Å². The van der Waals surface area contributed by atoms with Crippen LogP contribution in [0.1, 0.15) is 24.9 Å². The van der Waals surface area contributed by atoms with E-state index in [0.717, 1.165) is 29.7 Å². The molecular weight excluding hydrogens is 281 g/mol. The lowest BCUT2D eigenvalue weighted by molar-refractivity contribution is 0.596. The van der Waals surface area contributed by atoms with Crippen LogP contribution < -0.4 is 5.32 Å². The maximum absolute atomic E-state index is 14.0. The summed E-state index contributed by atoms with van der Waals surface area (Å²) in [5.41, 5.74) is 2.45. The van der Waals surface area contributed by atoms with Gasteiger partial charge in [-0.3, -0.25) is 0 Å². The molecule has 3 rings (SSSR count). The maximum Gasteiger partial charge on any atom is 0.186 e. The fourth-order valence-electron chi connectivity index (χ4n) is 2.36. The number of imidazole rings is 1. The Labute approximate surface area is 128 Å². The van der Waals surface area contributed by atoms with Crippen molar-refractivity contribution in [3.8, 4) is 0 Å². The molecular formula is C16H18FN5. The summed E-state index contributed by atoms with van der Waals surface area (Å²) in [6.45, 7) is 2.50. The topological polar surface area (TPSA) is 66.5 Å². The number of fused-ring (bicyclic) bond motifs is 1. The SMILES string of the molecule is CCc1ncnc(NCCCc2nc3ccccc3[nH]2)c1F. The molecule has 0 radical (unpaired) electrons. The normalized spacial score (nSPS) is 11.0. The van der Waals surface area contributed by atoms with E-state index in [-0.39, 0.29) is 11.6 Å². The maximum atomic E-state index is 14.0. The van der Waals surface area contributed by atoms with Gasteiger partial charge in [-0.25, -0.2) is 19.3 Å². The Hall–Kier alpha value is -2.50. The van der Waals surface area contributed by atoms with Crippen molar-refractivity contribution in [3.05, 3.63) is 47.9 Å². The summed E-state index contributed by atoms with van der Waals surface area (Å²) < 4.78 is 14.0. The van der Waals surface area contributed by atoms with E-state index in [1.54, 1.807) is 0 Å². The van der Waals surface area contributed by atoms with Crippen molar-refractivity contribution in [2.24, 2.45) is 0 Å². The number of hydrogen-bond acceptors (Lipinski definition) is 4. The van der Waals surface area contributed by atoms with Gasteiger partial charge in [0.1, 0.15) is 12.2 Å². The van der Waals surface area contributed by atoms with Crippen molar-refractivity contribution in [2.45, 2.75) is 26.2 Å². The molecule has 0 unspecified atom stereocenters. The number of aromatic amines is 1. The molecule has 0 spiro atoms. The summed E-state index contributed by atoms with van der Waals surface area (Å²) in [5.74, 6) is 0.866. The molecule has 0 amide bonds. The van der Waals surface area contributed by atoms with E-state index in [9.17, 15) is 4.39 Å². The van der Waals surface area contributed by atoms with Crippen molar-refractivity contribution in [3.63, 3.8) is 0 Å². The molecule has 2 aromatic heterocycles. The molecule has 6 heteroatoms. The standard InChI is InChI=1S/C16H18FN5/c1-2-11-15(17)16(20-10-19-11)18-9-5-8-14-21-12-6-3-4-7-13(12)22-14/h3-4,6-7,10H,2,5,8-9H2,1H3,(H,21,22)(H,18,19,20). The smallest absolute Gasteiger partial charge is 0.186 e. The number of benzene rings is 1. The molecule has 0 aliphatic carbocycles. The molecule has 3 aromatic rings. The van der Waals surface area contributed by atoms with Crippen LogP contribution in [0, 0.1) is 5.82 Å². The highest BCUT2D eigenvalue weighted by Gasteiger charge is 2.09. The van der Waals surface area contributed by atoms with Gasteiger partial charge in [-0.15, -0.1) is 0 Å². The van der Waals surface area contributed by atoms with E-state index in [1.165, 1.54) is 6.33 Å². The fourth-order valence-corrected chi connectivity index (χ4v) is 2.36. The van der Waals surface area contributed by atoms with Crippen molar-refractivity contribution < 1.29 is 4.39 Å². The van der Waals surface area contributed by atoms with E-state index < -0.39 is 0 Å². The summed E-state index contributed by atoms with van der Waals surface area (Å²) >= 11 is 0. The third-order valence-corrected chi connectivity index (χ3v) is 3.52. The number of halogens is 1. The summed E-state index contributed by atoms with van der Waals surface area (Å²) in [6, 6.07) is 7.94. The second-order valence-electron chi connectivity index (χ2n) is 5.07. The van der Waals surface area contributed by atoms with E-state index in [1.807, 2.05) is 31.2 Å². The molecule has 2 heterocycles. The molecule has 0 aliphatic rings. The Morgan fingerprint density at radius 3 is 2.91 bits per heavy atom. The molecule has 1 aromatic carbocycles. The molecule has 22 heavy (non-hydrogen) atoms. The monoisotopic (exact) mass is 299 g/mol. The molecule has 5 nitrogen and oxygen atoms in total. The van der Waals surface area contributed by atoms with Crippen LogP contribution in [0.2, 0.25) is 0 Å². The lowest BCUT2D eigenvalue weighted by Crippen LogP contribution is -2.09. The van der Waals surface area contributed by atoms with Crippen LogP contribution in [0.15, 0.2) is 30.6 Å². The van der Waals surface area contributed by atoms with Crippen LogP contribution in [0.25, 0.3) is 11.0 Å². The average molecular weight is 299 g/mol. The van der Waals surface area contributed by atoms with Crippen LogP contribution in [0.5, 0.6) is 0 Å². The number of nitrogens with zero attached hydrogens (tertiary/aromatic N) is 3. The van der Waals surface area contributed by atoms with E-state index in [0.29, 0.717) is 18.7 Å². The second-order valence-corrected chi connectivity index (χ2v) is 5.07. The number of hydrogen-bond donors (Lipinski definition) is 2. The molecule has 0 aliphatic heterocycles. The van der Waals surface area contributed by atoms with Gasteiger partial charge in [0.15, 0.2) is 11.6 Å².